The minimum atomic E-state index is -4.52. The van der Waals surface area contributed by atoms with Crippen molar-refractivity contribution < 1.29 is 32.6 Å². The number of amides is 1. The quantitative estimate of drug-likeness (QED) is 0.389. The van der Waals surface area contributed by atoms with Crippen LogP contribution < -0.4 is 16.2 Å². The van der Waals surface area contributed by atoms with Crippen LogP contribution in [0.25, 0.3) is 10.9 Å². The third-order valence-electron chi connectivity index (χ3n) is 5.70. The molecule has 0 saturated carbocycles. The van der Waals surface area contributed by atoms with Gasteiger partial charge in [0.1, 0.15) is 23.5 Å². The number of pyridine rings is 1. The number of benzene rings is 2. The summed E-state index contributed by atoms with van der Waals surface area (Å²) in [5.74, 6) is -2.32. The number of ether oxygens (including phenoxy) is 1. The molecular formula is C25H23BrF3N3O5. The first-order valence-corrected chi connectivity index (χ1v) is 12.0. The molecule has 2 aromatic carbocycles. The van der Waals surface area contributed by atoms with Gasteiger partial charge < -0.3 is 20.5 Å². The number of hydrogen-bond acceptors (Lipinski definition) is 6. The predicted molar refractivity (Wildman–Crippen MR) is 134 cm³/mol. The second-order valence-corrected chi connectivity index (χ2v) is 10.4. The monoisotopic (exact) mass is 581 g/mol. The van der Waals surface area contributed by atoms with E-state index in [9.17, 15) is 32.7 Å². The predicted octanol–water partition coefficient (Wildman–Crippen LogP) is 4.57. The van der Waals surface area contributed by atoms with Crippen molar-refractivity contribution in [3.63, 3.8) is 0 Å². The van der Waals surface area contributed by atoms with E-state index in [0.29, 0.717) is 15.7 Å². The average molecular weight is 582 g/mol. The zero-order chi connectivity index (χ0) is 27.3. The first kappa shape index (κ1) is 26.5. The Morgan fingerprint density at radius 2 is 1.84 bits per heavy atom. The van der Waals surface area contributed by atoms with Gasteiger partial charge in [0.2, 0.25) is 0 Å². The summed E-state index contributed by atoms with van der Waals surface area (Å²) in [4.78, 5) is 38.7. The van der Waals surface area contributed by atoms with Crippen LogP contribution >= 0.6 is 15.9 Å². The Hall–Kier alpha value is -3.54. The van der Waals surface area contributed by atoms with Crippen LogP contribution in [-0.2, 0) is 15.7 Å². The van der Waals surface area contributed by atoms with Gasteiger partial charge in [-0.05, 0) is 50.6 Å². The number of anilines is 1. The molecule has 12 heteroatoms. The number of carbonyl (C=O) groups excluding carboxylic acids is 2. The lowest BCUT2D eigenvalue weighted by Gasteiger charge is -2.30. The number of hydrogen-bond donors (Lipinski definition) is 3. The fraction of sp³-hybridized carbons (Fsp3) is 0.320. The van der Waals surface area contributed by atoms with Crippen LogP contribution in [0.2, 0.25) is 0 Å². The highest BCUT2D eigenvalue weighted by atomic mass is 79.9. The molecule has 0 spiro atoms. The summed E-state index contributed by atoms with van der Waals surface area (Å²) < 4.78 is 46.2. The van der Waals surface area contributed by atoms with Gasteiger partial charge in [0.05, 0.1) is 22.8 Å². The lowest BCUT2D eigenvalue weighted by atomic mass is 9.99. The fourth-order valence-corrected chi connectivity index (χ4v) is 4.67. The zero-order valence-corrected chi connectivity index (χ0v) is 21.6. The molecule has 0 saturated heterocycles. The highest BCUT2D eigenvalue weighted by molar-refractivity contribution is 9.10. The van der Waals surface area contributed by atoms with Gasteiger partial charge >= 0.3 is 12.1 Å². The zero-order valence-electron chi connectivity index (χ0n) is 20.0. The highest BCUT2D eigenvalue weighted by Gasteiger charge is 2.33. The van der Waals surface area contributed by atoms with Crippen molar-refractivity contribution in [2.45, 2.75) is 38.6 Å². The summed E-state index contributed by atoms with van der Waals surface area (Å²) in [6.07, 6.45) is -4.52. The molecule has 0 aliphatic carbocycles. The lowest BCUT2D eigenvalue weighted by molar-refractivity contribution is -0.153. The minimum absolute atomic E-state index is 0.133. The topological polar surface area (TPSA) is 110 Å². The molecule has 37 heavy (non-hydrogen) atoms. The van der Waals surface area contributed by atoms with Crippen molar-refractivity contribution in [2.24, 2.45) is 0 Å². The second kappa shape index (κ2) is 9.40. The molecule has 8 nitrogen and oxygen atoms in total. The third-order valence-corrected chi connectivity index (χ3v) is 6.16. The second-order valence-electron chi connectivity index (χ2n) is 9.53. The van der Waals surface area contributed by atoms with Gasteiger partial charge in [-0.1, -0.05) is 28.1 Å². The van der Waals surface area contributed by atoms with Crippen molar-refractivity contribution in [3.05, 3.63) is 67.9 Å². The molecule has 0 bridgehead atoms. The number of alkyl halides is 3. The molecular weight excluding hydrogens is 559 g/mol. The van der Waals surface area contributed by atoms with Crippen LogP contribution in [0.15, 0.2) is 45.7 Å². The van der Waals surface area contributed by atoms with Gasteiger partial charge in [-0.15, -0.1) is 0 Å². The smallest absolute Gasteiger partial charge is 0.416 e. The Morgan fingerprint density at radius 1 is 1.19 bits per heavy atom. The SMILES string of the molecule is CC(C)(C)OC(=O)CNC(=O)c1c(O)c2cc(Br)cc3c2n(c1=O)C(c1ccc(C(F)(F)F)cc1)CN3. The van der Waals surface area contributed by atoms with Crippen LogP contribution in [0.5, 0.6) is 5.75 Å². The lowest BCUT2D eigenvalue weighted by Crippen LogP contribution is -2.40. The van der Waals surface area contributed by atoms with Crippen molar-refractivity contribution >= 4 is 44.4 Å². The molecule has 3 aromatic rings. The van der Waals surface area contributed by atoms with Crippen LogP contribution in [0, 0.1) is 0 Å². The molecule has 0 fully saturated rings. The Labute approximate surface area is 217 Å². The van der Waals surface area contributed by atoms with E-state index in [1.807, 2.05) is 0 Å². The van der Waals surface area contributed by atoms with Gasteiger partial charge in [0, 0.05) is 16.4 Å². The summed E-state index contributed by atoms with van der Waals surface area (Å²) >= 11 is 3.34. The molecule has 1 aliphatic heterocycles. The van der Waals surface area contributed by atoms with E-state index in [1.54, 1.807) is 26.8 Å². The van der Waals surface area contributed by atoms with Crippen molar-refractivity contribution in [2.75, 3.05) is 18.4 Å². The van der Waals surface area contributed by atoms with Crippen molar-refractivity contribution in [1.29, 1.82) is 0 Å². The molecule has 1 unspecified atom stereocenters. The Kier molecular flexibility index (Phi) is 6.74. The Balaban J connectivity index is 1.82. The highest BCUT2D eigenvalue weighted by Crippen LogP contribution is 2.39. The third kappa shape index (κ3) is 5.29. The number of esters is 1. The molecule has 2 heterocycles. The normalized spacial score (nSPS) is 15.3. The maximum Gasteiger partial charge on any atom is 0.416 e. The summed E-state index contributed by atoms with van der Waals surface area (Å²) in [6, 6.07) is 6.80. The van der Waals surface area contributed by atoms with Crippen LogP contribution in [0.4, 0.5) is 18.9 Å². The molecule has 1 atom stereocenters. The average Bonchev–Trinajstić information content (AvgIpc) is 2.79. The number of nitrogens with one attached hydrogen (secondary N) is 2. The maximum absolute atomic E-state index is 13.6. The molecule has 196 valence electrons. The van der Waals surface area contributed by atoms with Crippen LogP contribution in [0.1, 0.15) is 48.3 Å². The standard InChI is InChI=1S/C25H23BrF3N3O5/c1-24(2,3)37-18(33)11-31-22(35)19-21(34)15-8-14(26)9-16-20(15)32(23(19)36)17(10-30-16)12-4-6-13(7-5-12)25(27,28)29/h4-9,17,30,34H,10-11H2,1-3H3,(H,31,35). The van der Waals surface area contributed by atoms with Gasteiger partial charge in [-0.3, -0.25) is 19.0 Å². The van der Waals surface area contributed by atoms with E-state index in [2.05, 4.69) is 26.6 Å². The van der Waals surface area contributed by atoms with Gasteiger partial charge in [0.25, 0.3) is 11.5 Å². The summed E-state index contributed by atoms with van der Waals surface area (Å²) in [6.45, 7) is 4.56. The number of carbonyl (C=O) groups is 2. The first-order chi connectivity index (χ1) is 17.2. The molecule has 3 N–H and O–H groups in total. The summed E-state index contributed by atoms with van der Waals surface area (Å²) in [5, 5.41) is 16.6. The van der Waals surface area contributed by atoms with E-state index in [-0.39, 0.29) is 17.4 Å². The fourth-order valence-electron chi connectivity index (χ4n) is 4.21. The van der Waals surface area contributed by atoms with Crippen molar-refractivity contribution in [3.8, 4) is 5.75 Å². The largest absolute Gasteiger partial charge is 0.506 e. The Morgan fingerprint density at radius 3 is 2.43 bits per heavy atom. The Bertz CT molecular complexity index is 1460. The van der Waals surface area contributed by atoms with E-state index >= 15 is 0 Å². The van der Waals surface area contributed by atoms with Crippen LogP contribution in [-0.4, -0.2) is 40.2 Å². The van der Waals surface area contributed by atoms with Crippen molar-refractivity contribution in [1.82, 2.24) is 9.88 Å². The minimum Gasteiger partial charge on any atom is -0.506 e. The summed E-state index contributed by atoms with van der Waals surface area (Å²) in [7, 11) is 0. The van der Waals surface area contributed by atoms with Gasteiger partial charge in [-0.25, -0.2) is 0 Å². The molecule has 1 aliphatic rings. The number of aromatic nitrogens is 1. The van der Waals surface area contributed by atoms with Gasteiger partial charge in [-0.2, -0.15) is 13.2 Å². The first-order valence-electron chi connectivity index (χ1n) is 11.2. The van der Waals surface area contributed by atoms with E-state index < -0.39 is 58.7 Å². The molecule has 0 radical (unpaired) electrons. The van der Waals surface area contributed by atoms with Gasteiger partial charge in [0.15, 0.2) is 0 Å². The molecule has 1 amide bonds. The molecule has 1 aromatic heterocycles. The number of nitrogens with zero attached hydrogens (tertiary/aromatic N) is 1. The summed E-state index contributed by atoms with van der Waals surface area (Å²) in [5.41, 5.74) is -1.92. The number of rotatable bonds is 4. The van der Waals surface area contributed by atoms with E-state index in [1.165, 1.54) is 22.8 Å². The van der Waals surface area contributed by atoms with E-state index in [0.717, 1.165) is 12.1 Å². The number of halogens is 4. The van der Waals surface area contributed by atoms with Crippen LogP contribution in [0.3, 0.4) is 0 Å². The van der Waals surface area contributed by atoms with E-state index in [4.69, 9.17) is 4.74 Å². The molecule has 4 rings (SSSR count). The maximum atomic E-state index is 13.6. The number of aromatic hydroxyl groups is 1.